The van der Waals surface area contributed by atoms with Gasteiger partial charge in [0.15, 0.2) is 0 Å². The van der Waals surface area contributed by atoms with Crippen molar-refractivity contribution in [2.24, 2.45) is 0 Å². The van der Waals surface area contributed by atoms with E-state index in [1.54, 1.807) is 0 Å². The average Bonchev–Trinajstić information content (AvgIpc) is 3.19. The Kier molecular flexibility index (Phi) is 5.25. The first kappa shape index (κ1) is 19.6. The van der Waals surface area contributed by atoms with E-state index in [1.165, 1.54) is 11.1 Å². The molecule has 1 aliphatic carbocycles. The monoisotopic (exact) mass is 423 g/mol. The van der Waals surface area contributed by atoms with E-state index in [4.69, 9.17) is 11.6 Å². The van der Waals surface area contributed by atoms with E-state index < -0.39 is 6.04 Å². The zero-order valence-corrected chi connectivity index (χ0v) is 17.7. The largest absolute Gasteiger partial charge is 0.353 e. The third-order valence-electron chi connectivity index (χ3n) is 6.80. The lowest BCUT2D eigenvalue weighted by Gasteiger charge is -2.40. The van der Waals surface area contributed by atoms with E-state index in [0.29, 0.717) is 19.6 Å². The highest BCUT2D eigenvalue weighted by Crippen LogP contribution is 2.29. The molecule has 2 heterocycles. The molecule has 0 aromatic heterocycles. The molecule has 1 unspecified atom stereocenters. The van der Waals surface area contributed by atoms with Gasteiger partial charge >= 0.3 is 0 Å². The highest BCUT2D eigenvalue weighted by molar-refractivity contribution is 6.31. The van der Waals surface area contributed by atoms with E-state index in [-0.39, 0.29) is 24.3 Å². The molecule has 1 atom stereocenters. The highest BCUT2D eigenvalue weighted by Gasteiger charge is 2.39. The topological polar surface area (TPSA) is 52.7 Å². The molecular weight excluding hydrogens is 398 g/mol. The Morgan fingerprint density at radius 3 is 2.53 bits per heavy atom. The van der Waals surface area contributed by atoms with Crippen LogP contribution in [0.15, 0.2) is 42.5 Å². The zero-order valence-electron chi connectivity index (χ0n) is 16.9. The minimum atomic E-state index is -0.397. The van der Waals surface area contributed by atoms with Gasteiger partial charge in [-0.15, -0.1) is 0 Å². The van der Waals surface area contributed by atoms with Crippen molar-refractivity contribution in [3.05, 3.63) is 69.7 Å². The van der Waals surface area contributed by atoms with E-state index in [2.05, 4.69) is 34.5 Å². The number of amides is 2. The molecule has 156 valence electrons. The fourth-order valence-corrected chi connectivity index (χ4v) is 5.51. The Bertz CT molecular complexity index is 967. The molecule has 6 heteroatoms. The van der Waals surface area contributed by atoms with Gasteiger partial charge in [0.2, 0.25) is 11.8 Å². The first-order valence-electron chi connectivity index (χ1n) is 10.7. The number of rotatable bonds is 3. The second kappa shape index (κ2) is 8.05. The van der Waals surface area contributed by atoms with Gasteiger partial charge in [-0.25, -0.2) is 0 Å². The molecule has 3 aliphatic rings. The van der Waals surface area contributed by atoms with Crippen molar-refractivity contribution in [2.45, 2.75) is 44.3 Å². The lowest BCUT2D eigenvalue weighted by molar-refractivity contribution is -0.140. The molecule has 2 amide bonds. The Balaban J connectivity index is 1.30. The fourth-order valence-electron chi connectivity index (χ4n) is 5.22. The van der Waals surface area contributed by atoms with Crippen molar-refractivity contribution in [3.8, 4) is 0 Å². The summed E-state index contributed by atoms with van der Waals surface area (Å²) in [6, 6.07) is 14.3. The van der Waals surface area contributed by atoms with Crippen LogP contribution in [0.2, 0.25) is 5.02 Å². The van der Waals surface area contributed by atoms with Crippen LogP contribution in [-0.2, 0) is 35.4 Å². The summed E-state index contributed by atoms with van der Waals surface area (Å²) in [4.78, 5) is 30.1. The number of hydrogen-bond donors (Lipinski definition) is 1. The standard InChI is InChI=1S/C24H26ClN3O2/c25-21-7-3-6-18-15-27(10-8-20(18)21)23(29)14-22-24(30)26-9-11-28(22)19-12-16-4-1-2-5-17(16)13-19/h1-7,19,22H,8-15H2,(H,26,30). The molecule has 0 saturated carbocycles. The average molecular weight is 424 g/mol. The van der Waals surface area contributed by atoms with Gasteiger partial charge in [-0.2, -0.15) is 0 Å². The van der Waals surface area contributed by atoms with Gasteiger partial charge in [-0.05, 0) is 47.6 Å². The molecule has 0 radical (unpaired) electrons. The molecule has 0 bridgehead atoms. The predicted octanol–water partition coefficient (Wildman–Crippen LogP) is 2.58. The predicted molar refractivity (Wildman–Crippen MR) is 116 cm³/mol. The van der Waals surface area contributed by atoms with Gasteiger partial charge in [0.1, 0.15) is 0 Å². The van der Waals surface area contributed by atoms with Gasteiger partial charge in [-0.1, -0.05) is 48.0 Å². The number of nitrogens with one attached hydrogen (secondary N) is 1. The molecule has 2 aromatic rings. The van der Waals surface area contributed by atoms with Gasteiger partial charge in [-0.3, -0.25) is 14.5 Å². The Hall–Kier alpha value is -2.37. The molecule has 2 aliphatic heterocycles. The van der Waals surface area contributed by atoms with Crippen LogP contribution in [0.4, 0.5) is 0 Å². The van der Waals surface area contributed by atoms with Crippen LogP contribution in [0.25, 0.3) is 0 Å². The molecule has 0 spiro atoms. The van der Waals surface area contributed by atoms with Crippen molar-refractivity contribution in [1.82, 2.24) is 15.1 Å². The van der Waals surface area contributed by atoms with Crippen LogP contribution in [0, 0.1) is 0 Å². The van der Waals surface area contributed by atoms with Crippen molar-refractivity contribution < 1.29 is 9.59 Å². The number of carbonyl (C=O) groups is 2. The molecule has 2 aromatic carbocycles. The van der Waals surface area contributed by atoms with Crippen molar-refractivity contribution in [3.63, 3.8) is 0 Å². The number of fused-ring (bicyclic) bond motifs is 2. The van der Waals surface area contributed by atoms with Crippen LogP contribution in [0.3, 0.4) is 0 Å². The van der Waals surface area contributed by atoms with Crippen molar-refractivity contribution in [1.29, 1.82) is 0 Å². The molecular formula is C24H26ClN3O2. The van der Waals surface area contributed by atoms with Crippen LogP contribution < -0.4 is 5.32 Å². The van der Waals surface area contributed by atoms with Gasteiger partial charge in [0.25, 0.3) is 0 Å². The molecule has 30 heavy (non-hydrogen) atoms. The Morgan fingerprint density at radius 2 is 1.77 bits per heavy atom. The second-order valence-corrected chi connectivity index (χ2v) is 8.93. The van der Waals surface area contributed by atoms with Gasteiger partial charge < -0.3 is 10.2 Å². The summed E-state index contributed by atoms with van der Waals surface area (Å²) in [5.74, 6) is 0.0224. The maximum absolute atomic E-state index is 13.2. The highest BCUT2D eigenvalue weighted by atomic mass is 35.5. The minimum absolute atomic E-state index is 0.0222. The van der Waals surface area contributed by atoms with Crippen LogP contribution in [0.5, 0.6) is 0 Å². The second-order valence-electron chi connectivity index (χ2n) is 8.52. The van der Waals surface area contributed by atoms with E-state index in [9.17, 15) is 9.59 Å². The van der Waals surface area contributed by atoms with Gasteiger partial charge in [0.05, 0.1) is 12.5 Å². The summed E-state index contributed by atoms with van der Waals surface area (Å²) in [5, 5.41) is 3.75. The normalized spacial score (nSPS) is 21.8. The number of benzene rings is 2. The quantitative estimate of drug-likeness (QED) is 0.825. The van der Waals surface area contributed by atoms with E-state index in [1.807, 2.05) is 23.1 Å². The number of halogens is 1. The number of piperazine rings is 1. The lowest BCUT2D eigenvalue weighted by Crippen LogP contribution is -2.60. The van der Waals surface area contributed by atoms with Gasteiger partial charge in [0, 0.05) is 37.2 Å². The van der Waals surface area contributed by atoms with E-state index >= 15 is 0 Å². The lowest BCUT2D eigenvalue weighted by atomic mass is 9.98. The number of nitrogens with zero attached hydrogens (tertiary/aromatic N) is 2. The summed E-state index contributed by atoms with van der Waals surface area (Å²) < 4.78 is 0. The van der Waals surface area contributed by atoms with E-state index in [0.717, 1.165) is 42.0 Å². The summed E-state index contributed by atoms with van der Waals surface area (Å²) in [5.41, 5.74) is 4.98. The summed E-state index contributed by atoms with van der Waals surface area (Å²) in [6.07, 6.45) is 2.89. The summed E-state index contributed by atoms with van der Waals surface area (Å²) in [7, 11) is 0. The molecule has 5 rings (SSSR count). The zero-order chi connectivity index (χ0) is 20.7. The third-order valence-corrected chi connectivity index (χ3v) is 7.15. The SMILES string of the molecule is O=C1NCCN(C2Cc3ccccc3C2)C1CC(=O)N1CCc2c(Cl)cccc2C1. The summed E-state index contributed by atoms with van der Waals surface area (Å²) in [6.45, 7) is 2.66. The smallest absolute Gasteiger partial charge is 0.237 e. The Morgan fingerprint density at radius 1 is 1.03 bits per heavy atom. The molecule has 1 saturated heterocycles. The number of hydrogen-bond acceptors (Lipinski definition) is 3. The fraction of sp³-hybridized carbons (Fsp3) is 0.417. The molecule has 5 nitrogen and oxygen atoms in total. The van der Waals surface area contributed by atoms with Crippen molar-refractivity contribution in [2.75, 3.05) is 19.6 Å². The first-order chi connectivity index (χ1) is 14.6. The van der Waals surface area contributed by atoms with Crippen LogP contribution in [-0.4, -0.2) is 53.3 Å². The van der Waals surface area contributed by atoms with Crippen LogP contribution >= 0.6 is 11.6 Å². The third kappa shape index (κ3) is 3.61. The van der Waals surface area contributed by atoms with Crippen LogP contribution in [0.1, 0.15) is 28.7 Å². The maximum Gasteiger partial charge on any atom is 0.237 e. The molecule has 1 N–H and O–H groups in total. The number of carbonyl (C=O) groups excluding carboxylic acids is 2. The minimum Gasteiger partial charge on any atom is -0.353 e. The maximum atomic E-state index is 13.2. The Labute approximate surface area is 182 Å². The van der Waals surface area contributed by atoms with Crippen molar-refractivity contribution >= 4 is 23.4 Å². The molecule has 1 fully saturated rings. The first-order valence-corrected chi connectivity index (χ1v) is 11.1. The summed E-state index contributed by atoms with van der Waals surface area (Å²) >= 11 is 6.31.